The number of benzene rings is 5. The van der Waals surface area contributed by atoms with Crippen LogP contribution in [-0.4, -0.2) is 21.0 Å². The van der Waals surface area contributed by atoms with Crippen LogP contribution >= 0.6 is 0 Å². The number of hydrogen-bond acceptors (Lipinski definition) is 4. The van der Waals surface area contributed by atoms with Gasteiger partial charge in [-0.1, -0.05) is 84.9 Å². The van der Waals surface area contributed by atoms with Gasteiger partial charge in [-0.05, 0) is 77.4 Å². The molecule has 8 rings (SSSR count). The smallest absolute Gasteiger partial charge is 0.109 e. The van der Waals surface area contributed by atoms with E-state index in [2.05, 4.69) is 111 Å². The van der Waals surface area contributed by atoms with Crippen molar-refractivity contribution in [1.82, 2.24) is 9.55 Å². The second-order valence-corrected chi connectivity index (χ2v) is 10.9. The minimum absolute atomic E-state index is 0.361. The molecule has 0 amide bonds. The lowest BCUT2D eigenvalue weighted by molar-refractivity contribution is 1.18. The molecule has 2 aromatic heterocycles. The summed E-state index contributed by atoms with van der Waals surface area (Å²) < 4.78 is 2.32. The van der Waals surface area contributed by atoms with E-state index < -0.39 is 0 Å². The lowest BCUT2D eigenvalue weighted by atomic mass is 9.96. The first kappa shape index (κ1) is 25.6. The summed E-state index contributed by atoms with van der Waals surface area (Å²) in [4.78, 5) is 4.59. The van der Waals surface area contributed by atoms with Crippen molar-refractivity contribution in [2.45, 2.75) is 0 Å². The normalized spacial score (nSPS) is 14.0. The molecule has 208 valence electrons. The van der Waals surface area contributed by atoms with Gasteiger partial charge in [-0.25, -0.2) is 0 Å². The standard InChI is InChI=1S/C39H27N5/c40-35-21-17-27(28-16-20-34-33-11-5-7-13-38(33)44(39(34)24-28)32-9-2-1-3-10-32)23-37(35)43-42-31-18-14-26(15-19-31)30-22-29-8-4-6-12-36(29)41-25-30/h1-25,40,42H/b40-35?,43-37-. The Hall–Kier alpha value is -6.07. The molecule has 0 spiro atoms. The van der Waals surface area contributed by atoms with Gasteiger partial charge in [-0.3, -0.25) is 15.8 Å². The number of nitrogens with one attached hydrogen (secondary N) is 2. The van der Waals surface area contributed by atoms with Crippen molar-refractivity contribution >= 4 is 55.4 Å². The molecule has 5 heteroatoms. The summed E-state index contributed by atoms with van der Waals surface area (Å²) in [6.45, 7) is 0. The van der Waals surface area contributed by atoms with Gasteiger partial charge in [0.1, 0.15) is 5.71 Å². The van der Waals surface area contributed by atoms with Gasteiger partial charge >= 0.3 is 0 Å². The average Bonchev–Trinajstić information content (AvgIpc) is 3.42. The Bertz CT molecular complexity index is 2310. The fourth-order valence-corrected chi connectivity index (χ4v) is 5.90. The molecule has 2 heterocycles. The molecule has 0 fully saturated rings. The van der Waals surface area contributed by atoms with E-state index in [1.807, 2.05) is 60.8 Å². The van der Waals surface area contributed by atoms with Crippen molar-refractivity contribution in [3.05, 3.63) is 157 Å². The zero-order valence-electron chi connectivity index (χ0n) is 23.8. The molecule has 0 bridgehead atoms. The number of allylic oxidation sites excluding steroid dienone is 4. The molecule has 0 saturated carbocycles. The lowest BCUT2D eigenvalue weighted by Gasteiger charge is -2.12. The summed E-state index contributed by atoms with van der Waals surface area (Å²) in [5.74, 6) is 0. The minimum Gasteiger partial charge on any atom is -0.309 e. The maximum Gasteiger partial charge on any atom is 0.109 e. The number of anilines is 1. The zero-order valence-corrected chi connectivity index (χ0v) is 23.8. The largest absolute Gasteiger partial charge is 0.309 e. The second kappa shape index (κ2) is 10.6. The van der Waals surface area contributed by atoms with Crippen LogP contribution in [0.25, 0.3) is 55.1 Å². The first-order valence-corrected chi connectivity index (χ1v) is 14.6. The summed E-state index contributed by atoms with van der Waals surface area (Å²) in [7, 11) is 0. The molecule has 5 nitrogen and oxygen atoms in total. The Labute approximate surface area is 254 Å². The first-order chi connectivity index (χ1) is 21.7. The number of para-hydroxylation sites is 3. The van der Waals surface area contributed by atoms with Gasteiger partial charge in [0.2, 0.25) is 0 Å². The highest BCUT2D eigenvalue weighted by atomic mass is 15.3. The molecule has 0 saturated heterocycles. The Kier molecular flexibility index (Phi) is 6.20. The number of rotatable bonds is 5. The van der Waals surface area contributed by atoms with Crippen LogP contribution in [0.4, 0.5) is 5.69 Å². The van der Waals surface area contributed by atoms with Crippen LogP contribution in [0.1, 0.15) is 5.56 Å². The van der Waals surface area contributed by atoms with Gasteiger partial charge in [-0.15, -0.1) is 0 Å². The molecule has 5 aromatic carbocycles. The van der Waals surface area contributed by atoms with Crippen molar-refractivity contribution in [2.75, 3.05) is 5.43 Å². The van der Waals surface area contributed by atoms with Gasteiger partial charge in [-0.2, -0.15) is 5.10 Å². The SMILES string of the molecule is N=C1C=CC(c2ccc3c4ccccc4n(-c4ccccc4)c3c2)=C/C1=N/Nc1ccc(-c2cnc3ccccc3c2)cc1. The van der Waals surface area contributed by atoms with Crippen molar-refractivity contribution < 1.29 is 0 Å². The third kappa shape index (κ3) is 4.57. The highest BCUT2D eigenvalue weighted by Gasteiger charge is 2.15. The van der Waals surface area contributed by atoms with E-state index in [1.54, 1.807) is 0 Å². The lowest BCUT2D eigenvalue weighted by Crippen LogP contribution is -2.13. The van der Waals surface area contributed by atoms with E-state index in [-0.39, 0.29) is 0 Å². The molecule has 0 atom stereocenters. The molecule has 44 heavy (non-hydrogen) atoms. The maximum absolute atomic E-state index is 8.51. The highest BCUT2D eigenvalue weighted by Crippen LogP contribution is 2.34. The Morgan fingerprint density at radius 3 is 2.27 bits per heavy atom. The summed E-state index contributed by atoms with van der Waals surface area (Å²) in [5.41, 5.74) is 13.6. The van der Waals surface area contributed by atoms with Crippen LogP contribution in [0.5, 0.6) is 0 Å². The van der Waals surface area contributed by atoms with Crippen LogP contribution in [0.2, 0.25) is 0 Å². The number of pyridine rings is 1. The van der Waals surface area contributed by atoms with Crippen molar-refractivity contribution in [3.8, 4) is 16.8 Å². The average molecular weight is 566 g/mol. The molecule has 1 aliphatic rings. The van der Waals surface area contributed by atoms with Crippen molar-refractivity contribution in [1.29, 1.82) is 5.41 Å². The number of nitrogens with zero attached hydrogens (tertiary/aromatic N) is 3. The highest BCUT2D eigenvalue weighted by molar-refractivity contribution is 6.51. The Morgan fingerprint density at radius 1 is 0.636 bits per heavy atom. The van der Waals surface area contributed by atoms with E-state index in [0.29, 0.717) is 11.4 Å². The molecule has 0 radical (unpaired) electrons. The van der Waals surface area contributed by atoms with Gasteiger partial charge in [0.15, 0.2) is 0 Å². The number of aromatic nitrogens is 2. The summed E-state index contributed by atoms with van der Waals surface area (Å²) in [6, 6.07) is 44.0. The Balaban J connectivity index is 1.10. The van der Waals surface area contributed by atoms with E-state index in [0.717, 1.165) is 50.1 Å². The van der Waals surface area contributed by atoms with Crippen LogP contribution in [-0.2, 0) is 0 Å². The molecule has 0 aliphatic heterocycles. The predicted molar refractivity (Wildman–Crippen MR) is 184 cm³/mol. The van der Waals surface area contributed by atoms with E-state index in [4.69, 9.17) is 5.41 Å². The van der Waals surface area contributed by atoms with E-state index >= 15 is 0 Å². The van der Waals surface area contributed by atoms with E-state index in [9.17, 15) is 0 Å². The molecule has 1 aliphatic carbocycles. The number of fused-ring (bicyclic) bond motifs is 4. The predicted octanol–water partition coefficient (Wildman–Crippen LogP) is 9.44. The number of hydrazone groups is 1. The maximum atomic E-state index is 8.51. The molecular formula is C39H27N5. The van der Waals surface area contributed by atoms with Crippen molar-refractivity contribution in [3.63, 3.8) is 0 Å². The van der Waals surface area contributed by atoms with Gasteiger partial charge in [0, 0.05) is 33.6 Å². The Morgan fingerprint density at radius 2 is 1.39 bits per heavy atom. The fourth-order valence-electron chi connectivity index (χ4n) is 5.90. The molecule has 2 N–H and O–H groups in total. The summed E-state index contributed by atoms with van der Waals surface area (Å²) in [5, 5.41) is 16.7. The van der Waals surface area contributed by atoms with Gasteiger partial charge < -0.3 is 4.57 Å². The summed E-state index contributed by atoms with van der Waals surface area (Å²) >= 11 is 0. The third-order valence-corrected chi connectivity index (χ3v) is 8.13. The monoisotopic (exact) mass is 565 g/mol. The third-order valence-electron chi connectivity index (χ3n) is 8.13. The first-order valence-electron chi connectivity index (χ1n) is 14.6. The second-order valence-electron chi connectivity index (χ2n) is 10.9. The zero-order chi connectivity index (χ0) is 29.5. The summed E-state index contributed by atoms with van der Waals surface area (Å²) in [6.07, 6.45) is 7.68. The van der Waals surface area contributed by atoms with Gasteiger partial charge in [0.25, 0.3) is 0 Å². The van der Waals surface area contributed by atoms with Crippen LogP contribution < -0.4 is 5.43 Å². The molecule has 0 unspecified atom stereocenters. The van der Waals surface area contributed by atoms with Crippen LogP contribution in [0.3, 0.4) is 0 Å². The number of hydrogen-bond donors (Lipinski definition) is 2. The fraction of sp³-hybridized carbons (Fsp3) is 0. The van der Waals surface area contributed by atoms with E-state index in [1.165, 1.54) is 16.3 Å². The topological polar surface area (TPSA) is 66.1 Å². The molecule has 7 aromatic rings. The molecular weight excluding hydrogens is 538 g/mol. The van der Waals surface area contributed by atoms with Crippen LogP contribution in [0.15, 0.2) is 157 Å². The minimum atomic E-state index is 0.361. The van der Waals surface area contributed by atoms with Crippen molar-refractivity contribution in [2.24, 2.45) is 5.10 Å². The quantitative estimate of drug-likeness (QED) is 0.161. The van der Waals surface area contributed by atoms with Gasteiger partial charge in [0.05, 0.1) is 27.9 Å². The van der Waals surface area contributed by atoms with Crippen LogP contribution in [0, 0.1) is 5.41 Å².